The molecule has 0 fully saturated rings. The van der Waals surface area contributed by atoms with Gasteiger partial charge in [-0.15, -0.1) is 0 Å². The summed E-state index contributed by atoms with van der Waals surface area (Å²) in [6.07, 6.45) is 3.64. The van der Waals surface area contributed by atoms with Crippen LogP contribution >= 0.6 is 0 Å². The van der Waals surface area contributed by atoms with E-state index in [0.29, 0.717) is 41.9 Å². The van der Waals surface area contributed by atoms with Gasteiger partial charge in [-0.1, -0.05) is 13.8 Å². The minimum absolute atomic E-state index is 0.0303. The largest absolute Gasteiger partial charge is 0.469 e. The standard InChI is InChI=1S/C24H27N3O6/c1-4-27-12-17(22(28)16-10-19-20(11-18(16)27)33-13-32-19)23(29)26-21(14(2)3)24(30)25-8-7-15-6-5-9-31-15/h5-6,9-12,14,21H,4,7-8,13H2,1-3H3,(H,25,30)(H,26,29)/t21-/m0/s1. The number of furan rings is 1. The number of ether oxygens (including phenoxy) is 2. The van der Waals surface area contributed by atoms with Gasteiger partial charge in [0.1, 0.15) is 17.4 Å². The summed E-state index contributed by atoms with van der Waals surface area (Å²) >= 11 is 0. The molecule has 0 unspecified atom stereocenters. The molecule has 9 heteroatoms. The lowest BCUT2D eigenvalue weighted by Gasteiger charge is -2.22. The molecule has 1 aromatic carbocycles. The molecule has 174 valence electrons. The lowest BCUT2D eigenvalue weighted by molar-refractivity contribution is -0.123. The maximum absolute atomic E-state index is 13.2. The lowest BCUT2D eigenvalue weighted by Crippen LogP contribution is -2.50. The molecule has 9 nitrogen and oxygen atoms in total. The van der Waals surface area contributed by atoms with E-state index in [2.05, 4.69) is 10.6 Å². The summed E-state index contributed by atoms with van der Waals surface area (Å²) in [5.41, 5.74) is 0.197. The van der Waals surface area contributed by atoms with Crippen LogP contribution in [0.3, 0.4) is 0 Å². The summed E-state index contributed by atoms with van der Waals surface area (Å²) in [4.78, 5) is 39.1. The maximum atomic E-state index is 13.2. The third kappa shape index (κ3) is 4.57. The van der Waals surface area contributed by atoms with Crippen LogP contribution in [0.25, 0.3) is 10.9 Å². The van der Waals surface area contributed by atoms with Gasteiger partial charge < -0.3 is 29.1 Å². The minimum Gasteiger partial charge on any atom is -0.469 e. The molecule has 2 aromatic heterocycles. The monoisotopic (exact) mass is 453 g/mol. The van der Waals surface area contributed by atoms with Crippen LogP contribution < -0.4 is 25.5 Å². The minimum atomic E-state index is -0.795. The van der Waals surface area contributed by atoms with Crippen molar-refractivity contribution in [3.63, 3.8) is 0 Å². The SMILES string of the molecule is CCn1cc(C(=O)N[C@H](C(=O)NCCc2ccco2)C(C)C)c(=O)c2cc3c(cc21)OCO3. The smallest absolute Gasteiger partial charge is 0.257 e. The Labute approximate surface area is 190 Å². The van der Waals surface area contributed by atoms with E-state index in [1.807, 2.05) is 26.8 Å². The van der Waals surface area contributed by atoms with Crippen molar-refractivity contribution in [2.75, 3.05) is 13.3 Å². The topological polar surface area (TPSA) is 112 Å². The Morgan fingerprint density at radius 2 is 1.94 bits per heavy atom. The van der Waals surface area contributed by atoms with E-state index in [0.717, 1.165) is 5.76 Å². The Morgan fingerprint density at radius 3 is 2.61 bits per heavy atom. The van der Waals surface area contributed by atoms with Crippen molar-refractivity contribution in [2.45, 2.75) is 39.8 Å². The normalized spacial score (nSPS) is 13.3. The summed E-state index contributed by atoms with van der Waals surface area (Å²) in [6.45, 7) is 6.59. The Bertz CT molecular complexity index is 1230. The van der Waals surface area contributed by atoms with Crippen LogP contribution in [0.15, 0.2) is 45.9 Å². The lowest BCUT2D eigenvalue weighted by atomic mass is 10.0. The average Bonchev–Trinajstić information content (AvgIpc) is 3.48. The van der Waals surface area contributed by atoms with Crippen LogP contribution in [0.4, 0.5) is 0 Å². The third-order valence-electron chi connectivity index (χ3n) is 5.65. The van der Waals surface area contributed by atoms with E-state index in [-0.39, 0.29) is 24.2 Å². The first-order valence-corrected chi connectivity index (χ1v) is 11.0. The molecule has 0 radical (unpaired) electrons. The summed E-state index contributed by atoms with van der Waals surface area (Å²) < 4.78 is 17.9. The van der Waals surface area contributed by atoms with Gasteiger partial charge in [0.05, 0.1) is 17.2 Å². The van der Waals surface area contributed by atoms with Gasteiger partial charge >= 0.3 is 0 Å². The molecule has 0 saturated carbocycles. The molecule has 33 heavy (non-hydrogen) atoms. The van der Waals surface area contributed by atoms with Gasteiger partial charge in [0.2, 0.25) is 18.1 Å². The molecule has 2 amide bonds. The number of carbonyl (C=O) groups excluding carboxylic acids is 2. The van der Waals surface area contributed by atoms with Gasteiger partial charge in [0.25, 0.3) is 5.91 Å². The first-order chi connectivity index (χ1) is 15.9. The van der Waals surface area contributed by atoms with E-state index in [9.17, 15) is 14.4 Å². The van der Waals surface area contributed by atoms with Crippen LogP contribution in [-0.4, -0.2) is 35.8 Å². The van der Waals surface area contributed by atoms with Crippen molar-refractivity contribution in [3.8, 4) is 11.5 Å². The number of nitrogens with zero attached hydrogens (tertiary/aromatic N) is 1. The summed E-state index contributed by atoms with van der Waals surface area (Å²) in [6, 6.07) is 6.17. The van der Waals surface area contributed by atoms with E-state index < -0.39 is 17.4 Å². The Kier molecular flexibility index (Phi) is 6.39. The number of aromatic nitrogens is 1. The average molecular weight is 453 g/mol. The second-order valence-corrected chi connectivity index (χ2v) is 8.20. The van der Waals surface area contributed by atoms with Crippen molar-refractivity contribution >= 4 is 22.7 Å². The summed E-state index contributed by atoms with van der Waals surface area (Å²) in [5, 5.41) is 5.93. The van der Waals surface area contributed by atoms with Crippen LogP contribution in [-0.2, 0) is 17.8 Å². The summed E-state index contributed by atoms with van der Waals surface area (Å²) in [5.74, 6) is 0.701. The van der Waals surface area contributed by atoms with Gasteiger partial charge in [0.15, 0.2) is 11.5 Å². The first kappa shape index (κ1) is 22.4. The van der Waals surface area contributed by atoms with Crippen molar-refractivity contribution in [2.24, 2.45) is 5.92 Å². The molecule has 1 aliphatic heterocycles. The number of fused-ring (bicyclic) bond motifs is 2. The molecule has 1 atom stereocenters. The Morgan fingerprint density at radius 1 is 1.18 bits per heavy atom. The number of hydrogen-bond donors (Lipinski definition) is 2. The molecule has 2 N–H and O–H groups in total. The van der Waals surface area contributed by atoms with E-state index in [1.165, 1.54) is 6.20 Å². The van der Waals surface area contributed by atoms with Crippen molar-refractivity contribution in [3.05, 3.63) is 58.3 Å². The summed E-state index contributed by atoms with van der Waals surface area (Å²) in [7, 11) is 0. The van der Waals surface area contributed by atoms with E-state index in [1.54, 1.807) is 29.0 Å². The molecule has 1 aliphatic rings. The predicted molar refractivity (Wildman–Crippen MR) is 122 cm³/mol. The van der Waals surface area contributed by atoms with E-state index in [4.69, 9.17) is 13.9 Å². The van der Waals surface area contributed by atoms with Gasteiger partial charge in [0, 0.05) is 31.8 Å². The number of hydrogen-bond acceptors (Lipinski definition) is 6. The van der Waals surface area contributed by atoms with Gasteiger partial charge in [-0.2, -0.15) is 0 Å². The number of carbonyl (C=O) groups is 2. The number of amides is 2. The first-order valence-electron chi connectivity index (χ1n) is 11.0. The Hall–Kier alpha value is -3.75. The molecule has 4 rings (SSSR count). The van der Waals surface area contributed by atoms with Crippen LogP contribution in [0.1, 0.15) is 36.9 Å². The highest BCUT2D eigenvalue weighted by molar-refractivity contribution is 6.00. The van der Waals surface area contributed by atoms with Crippen molar-refractivity contribution in [1.82, 2.24) is 15.2 Å². The number of benzene rings is 1. The highest BCUT2D eigenvalue weighted by Gasteiger charge is 2.27. The molecule has 3 aromatic rings. The fourth-order valence-electron chi connectivity index (χ4n) is 3.83. The number of aryl methyl sites for hydroxylation is 1. The molecule has 0 saturated heterocycles. The zero-order chi connectivity index (χ0) is 23.5. The fraction of sp³-hybridized carbons (Fsp3) is 0.375. The van der Waals surface area contributed by atoms with Crippen LogP contribution in [0.2, 0.25) is 0 Å². The third-order valence-corrected chi connectivity index (χ3v) is 5.65. The van der Waals surface area contributed by atoms with Gasteiger partial charge in [-0.3, -0.25) is 14.4 Å². The highest BCUT2D eigenvalue weighted by Crippen LogP contribution is 2.35. The quantitative estimate of drug-likeness (QED) is 0.542. The van der Waals surface area contributed by atoms with Crippen molar-refractivity contribution in [1.29, 1.82) is 0 Å². The number of pyridine rings is 1. The van der Waals surface area contributed by atoms with Crippen LogP contribution in [0, 0.1) is 5.92 Å². The van der Waals surface area contributed by atoms with Crippen LogP contribution in [0.5, 0.6) is 11.5 Å². The zero-order valence-corrected chi connectivity index (χ0v) is 18.8. The number of rotatable bonds is 8. The second kappa shape index (κ2) is 9.40. The highest BCUT2D eigenvalue weighted by atomic mass is 16.7. The van der Waals surface area contributed by atoms with E-state index >= 15 is 0 Å². The predicted octanol–water partition coefficient (Wildman–Crippen LogP) is 2.46. The molecule has 0 spiro atoms. The molecular weight excluding hydrogens is 426 g/mol. The zero-order valence-electron chi connectivity index (χ0n) is 18.8. The molecule has 0 aliphatic carbocycles. The molecular formula is C24H27N3O6. The van der Waals surface area contributed by atoms with Gasteiger partial charge in [-0.25, -0.2) is 0 Å². The fourth-order valence-corrected chi connectivity index (χ4v) is 3.83. The maximum Gasteiger partial charge on any atom is 0.257 e. The molecule has 0 bridgehead atoms. The van der Waals surface area contributed by atoms with Crippen molar-refractivity contribution < 1.29 is 23.5 Å². The number of nitrogens with one attached hydrogen (secondary N) is 2. The molecule has 3 heterocycles. The second-order valence-electron chi connectivity index (χ2n) is 8.20. The van der Waals surface area contributed by atoms with Gasteiger partial charge in [-0.05, 0) is 31.0 Å². The Balaban J connectivity index is 1.56.